The summed E-state index contributed by atoms with van der Waals surface area (Å²) in [5.41, 5.74) is 0.916. The molecule has 0 N–H and O–H groups in total. The van der Waals surface area contributed by atoms with E-state index in [1.165, 1.54) is 13.2 Å². The Labute approximate surface area is 200 Å². The number of terminal acetylenes is 1. The summed E-state index contributed by atoms with van der Waals surface area (Å²) in [4.78, 5) is 38.9. The van der Waals surface area contributed by atoms with E-state index in [0.29, 0.717) is 27.1 Å². The van der Waals surface area contributed by atoms with Gasteiger partial charge in [-0.15, -0.1) is 6.42 Å². The van der Waals surface area contributed by atoms with Gasteiger partial charge < -0.3 is 9.47 Å². The Morgan fingerprint density at radius 1 is 1.19 bits per heavy atom. The van der Waals surface area contributed by atoms with Gasteiger partial charge in [0.25, 0.3) is 11.1 Å². The molecule has 2 aromatic carbocycles. The predicted molar refractivity (Wildman–Crippen MR) is 126 cm³/mol. The van der Waals surface area contributed by atoms with Crippen molar-refractivity contribution in [3.05, 3.63) is 61.4 Å². The molecular weight excluding hydrogens is 550 g/mol. The third kappa shape index (κ3) is 5.39. The van der Waals surface area contributed by atoms with Crippen molar-refractivity contribution in [1.29, 1.82) is 0 Å². The number of methoxy groups -OCH3 is 1. The van der Waals surface area contributed by atoms with E-state index in [2.05, 4.69) is 37.8 Å². The Morgan fingerprint density at radius 2 is 1.90 bits per heavy atom. The SMILES string of the molecule is C#CCOc1c(/C=C2/SC(=O)N(CC(=O)c3ccc(Br)cc3)C2=O)cc(Br)cc1OC. The first-order valence-electron chi connectivity index (χ1n) is 8.82. The van der Waals surface area contributed by atoms with E-state index in [0.717, 1.165) is 21.1 Å². The predicted octanol–water partition coefficient (Wildman–Crippen LogP) is 5.15. The van der Waals surface area contributed by atoms with Gasteiger partial charge in [0.05, 0.1) is 18.6 Å². The first-order valence-corrected chi connectivity index (χ1v) is 11.2. The number of nitrogens with zero attached hydrogens (tertiary/aromatic N) is 1. The lowest BCUT2D eigenvalue weighted by molar-refractivity contribution is -0.122. The molecule has 1 aliphatic rings. The molecule has 31 heavy (non-hydrogen) atoms. The number of halogens is 2. The molecule has 0 spiro atoms. The third-order valence-corrected chi connectivity index (χ3v) is 6.09. The lowest BCUT2D eigenvalue weighted by Gasteiger charge is -2.13. The normalized spacial score (nSPS) is 14.6. The second-order valence-corrected chi connectivity index (χ2v) is 9.04. The highest BCUT2D eigenvalue weighted by Gasteiger charge is 2.36. The molecule has 0 saturated carbocycles. The van der Waals surface area contributed by atoms with Gasteiger partial charge in [0.15, 0.2) is 17.3 Å². The minimum Gasteiger partial charge on any atom is -0.493 e. The second-order valence-electron chi connectivity index (χ2n) is 6.22. The van der Waals surface area contributed by atoms with Crippen LogP contribution in [0.2, 0.25) is 0 Å². The molecule has 1 saturated heterocycles. The van der Waals surface area contributed by atoms with Gasteiger partial charge in [0.2, 0.25) is 0 Å². The third-order valence-electron chi connectivity index (χ3n) is 4.20. The summed E-state index contributed by atoms with van der Waals surface area (Å²) in [6.07, 6.45) is 6.81. The molecule has 0 unspecified atom stereocenters. The van der Waals surface area contributed by atoms with Crippen molar-refractivity contribution in [3.8, 4) is 23.8 Å². The Morgan fingerprint density at radius 3 is 2.55 bits per heavy atom. The average Bonchev–Trinajstić information content (AvgIpc) is 3.00. The molecule has 1 heterocycles. The van der Waals surface area contributed by atoms with Crippen molar-refractivity contribution in [2.75, 3.05) is 20.3 Å². The van der Waals surface area contributed by atoms with E-state index in [4.69, 9.17) is 15.9 Å². The van der Waals surface area contributed by atoms with Crippen molar-refractivity contribution >= 4 is 66.6 Å². The number of carbonyl (C=O) groups is 3. The van der Waals surface area contributed by atoms with Gasteiger partial charge in [0.1, 0.15) is 6.61 Å². The van der Waals surface area contributed by atoms with Gasteiger partial charge in [-0.25, -0.2) is 0 Å². The van der Waals surface area contributed by atoms with E-state index in [1.54, 1.807) is 36.4 Å². The van der Waals surface area contributed by atoms with Gasteiger partial charge in [-0.05, 0) is 42.1 Å². The Kier molecular flexibility index (Phi) is 7.59. The van der Waals surface area contributed by atoms with Crippen LogP contribution in [0.25, 0.3) is 6.08 Å². The number of benzene rings is 2. The molecule has 0 aromatic heterocycles. The molecule has 2 amide bonds. The highest BCUT2D eigenvalue weighted by atomic mass is 79.9. The van der Waals surface area contributed by atoms with Crippen molar-refractivity contribution in [1.82, 2.24) is 4.90 Å². The van der Waals surface area contributed by atoms with Gasteiger partial charge in [-0.1, -0.05) is 49.9 Å². The van der Waals surface area contributed by atoms with E-state index in [9.17, 15) is 14.4 Å². The van der Waals surface area contributed by atoms with Crippen LogP contribution in [-0.4, -0.2) is 42.1 Å². The molecule has 0 atom stereocenters. The van der Waals surface area contributed by atoms with Crippen molar-refractivity contribution in [2.24, 2.45) is 0 Å². The average molecular weight is 565 g/mol. The van der Waals surface area contributed by atoms with E-state index < -0.39 is 11.1 Å². The summed E-state index contributed by atoms with van der Waals surface area (Å²) in [6, 6.07) is 10.1. The first-order chi connectivity index (χ1) is 14.8. The first kappa shape index (κ1) is 23.1. The van der Waals surface area contributed by atoms with Crippen LogP contribution in [0.15, 0.2) is 50.2 Å². The van der Waals surface area contributed by atoms with Crippen molar-refractivity contribution in [2.45, 2.75) is 0 Å². The number of hydrogen-bond donors (Lipinski definition) is 0. The zero-order valence-corrected chi connectivity index (χ0v) is 20.2. The van der Waals surface area contributed by atoms with Crippen LogP contribution in [0.4, 0.5) is 4.79 Å². The van der Waals surface area contributed by atoms with Gasteiger partial charge in [-0.2, -0.15) is 0 Å². The van der Waals surface area contributed by atoms with Crippen LogP contribution >= 0.6 is 43.6 Å². The number of carbonyl (C=O) groups excluding carboxylic acids is 3. The number of ketones is 1. The fourth-order valence-corrected chi connectivity index (χ4v) is 4.31. The minimum atomic E-state index is -0.553. The summed E-state index contributed by atoms with van der Waals surface area (Å²) in [5, 5.41) is -0.519. The van der Waals surface area contributed by atoms with Crippen molar-refractivity contribution < 1.29 is 23.9 Å². The Hall–Kier alpha value is -2.54. The molecular formula is C22H15Br2NO5S. The van der Waals surface area contributed by atoms with Crippen LogP contribution in [0, 0.1) is 12.3 Å². The zero-order chi connectivity index (χ0) is 22.5. The fraction of sp³-hybridized carbons (Fsp3) is 0.136. The van der Waals surface area contributed by atoms with Gasteiger partial charge in [0, 0.05) is 20.1 Å². The van der Waals surface area contributed by atoms with Gasteiger partial charge >= 0.3 is 0 Å². The number of thioether (sulfide) groups is 1. The van der Waals surface area contributed by atoms with Crippen LogP contribution in [-0.2, 0) is 4.79 Å². The lowest BCUT2D eigenvalue weighted by Crippen LogP contribution is -2.33. The molecule has 9 heteroatoms. The topological polar surface area (TPSA) is 72.9 Å². The molecule has 6 nitrogen and oxygen atoms in total. The summed E-state index contributed by atoms with van der Waals surface area (Å²) in [7, 11) is 1.48. The highest BCUT2D eigenvalue weighted by molar-refractivity contribution is 9.10. The van der Waals surface area contributed by atoms with Crippen LogP contribution in [0.3, 0.4) is 0 Å². The zero-order valence-electron chi connectivity index (χ0n) is 16.2. The Bertz CT molecular complexity index is 1120. The monoisotopic (exact) mass is 563 g/mol. The maximum atomic E-state index is 12.8. The summed E-state index contributed by atoms with van der Waals surface area (Å²) < 4.78 is 12.4. The number of rotatable bonds is 7. The molecule has 0 aliphatic carbocycles. The van der Waals surface area contributed by atoms with Crippen molar-refractivity contribution in [3.63, 3.8) is 0 Å². The van der Waals surface area contributed by atoms with E-state index in [-0.39, 0.29) is 23.8 Å². The molecule has 0 bridgehead atoms. The molecule has 2 aromatic rings. The van der Waals surface area contributed by atoms with Crippen LogP contribution in [0.5, 0.6) is 11.5 Å². The number of ether oxygens (including phenoxy) is 2. The van der Waals surface area contributed by atoms with E-state index >= 15 is 0 Å². The fourth-order valence-electron chi connectivity index (χ4n) is 2.76. The maximum absolute atomic E-state index is 12.8. The largest absolute Gasteiger partial charge is 0.493 e. The summed E-state index contributed by atoms with van der Waals surface area (Å²) in [5.74, 6) is 2.26. The van der Waals surface area contributed by atoms with Crippen LogP contribution < -0.4 is 9.47 Å². The molecule has 158 valence electrons. The number of imide groups is 1. The Balaban J connectivity index is 1.88. The number of hydrogen-bond acceptors (Lipinski definition) is 6. The molecule has 3 rings (SSSR count). The lowest BCUT2D eigenvalue weighted by atomic mass is 10.1. The number of Topliss-reactive ketones (excluding diaryl/α,β-unsaturated/α-hetero) is 1. The number of amides is 2. The van der Waals surface area contributed by atoms with Gasteiger partial charge in [-0.3, -0.25) is 19.3 Å². The quantitative estimate of drug-likeness (QED) is 0.263. The minimum absolute atomic E-state index is 0.00199. The second kappa shape index (κ2) is 10.2. The summed E-state index contributed by atoms with van der Waals surface area (Å²) in [6.45, 7) is -0.339. The van der Waals surface area contributed by atoms with Crippen LogP contribution in [0.1, 0.15) is 15.9 Å². The molecule has 1 aliphatic heterocycles. The summed E-state index contributed by atoms with van der Waals surface area (Å²) >= 11 is 7.44. The highest BCUT2D eigenvalue weighted by Crippen LogP contribution is 2.39. The maximum Gasteiger partial charge on any atom is 0.293 e. The molecule has 0 radical (unpaired) electrons. The smallest absolute Gasteiger partial charge is 0.293 e. The van der Waals surface area contributed by atoms with E-state index in [1.807, 2.05) is 0 Å². The standard InChI is InChI=1S/C22H15Br2NO5S/c1-3-8-30-20-14(9-16(24)11-18(20)29-2)10-19-21(27)25(22(28)31-19)12-17(26)13-4-6-15(23)7-5-13/h1,4-7,9-11H,8,12H2,2H3/b19-10+. The molecule has 1 fully saturated rings.